The highest BCUT2D eigenvalue weighted by atomic mass is 32.2. The second-order valence-electron chi connectivity index (χ2n) is 7.38. The average Bonchev–Trinajstić information content (AvgIpc) is 2.76. The second-order valence-corrected chi connectivity index (χ2v) is 9.26. The van der Waals surface area contributed by atoms with Crippen LogP contribution in [0.4, 0.5) is 0 Å². The Morgan fingerprint density at radius 1 is 1.14 bits per heavy atom. The maximum atomic E-state index is 11.2. The van der Waals surface area contributed by atoms with E-state index in [0.717, 1.165) is 45.0 Å². The summed E-state index contributed by atoms with van der Waals surface area (Å²) in [6, 6.07) is 10.1. The van der Waals surface area contributed by atoms with Crippen molar-refractivity contribution in [1.82, 2.24) is 9.62 Å². The first kappa shape index (κ1) is 23.7. The van der Waals surface area contributed by atoms with Gasteiger partial charge in [0.1, 0.15) is 0 Å². The van der Waals surface area contributed by atoms with Crippen molar-refractivity contribution in [1.29, 1.82) is 0 Å². The van der Waals surface area contributed by atoms with Gasteiger partial charge in [0.2, 0.25) is 10.0 Å². The topological polar surface area (TPSA) is 83.4 Å². The van der Waals surface area contributed by atoms with E-state index in [1.54, 1.807) is 24.3 Å². The molecule has 0 atom stereocenters. The molecular formula is C21H34N4O3S. The van der Waals surface area contributed by atoms with Gasteiger partial charge < -0.3 is 4.74 Å². The van der Waals surface area contributed by atoms with Gasteiger partial charge in [0.25, 0.3) is 0 Å². The third kappa shape index (κ3) is 9.19. The van der Waals surface area contributed by atoms with Crippen molar-refractivity contribution in [2.75, 3.05) is 46.4 Å². The average molecular weight is 423 g/mol. The summed E-state index contributed by atoms with van der Waals surface area (Å²) >= 11 is 0. The fraction of sp³-hybridized carbons (Fsp3) is 0.667. The van der Waals surface area contributed by atoms with Crippen LogP contribution in [0.5, 0.6) is 0 Å². The number of aryl methyl sites for hydroxylation is 1. The van der Waals surface area contributed by atoms with Crippen molar-refractivity contribution >= 4 is 16.0 Å². The van der Waals surface area contributed by atoms with E-state index in [1.165, 1.54) is 39.2 Å². The summed E-state index contributed by atoms with van der Waals surface area (Å²) in [6.45, 7) is 7.53. The Kier molecular flexibility index (Phi) is 10.5. The fourth-order valence-electron chi connectivity index (χ4n) is 3.23. The Morgan fingerprint density at radius 3 is 2.41 bits per heavy atom. The molecule has 1 aromatic carbocycles. The molecule has 0 unspecified atom stereocenters. The molecule has 1 saturated carbocycles. The molecule has 1 aromatic rings. The predicted molar refractivity (Wildman–Crippen MR) is 116 cm³/mol. The Balaban J connectivity index is 0.000000221. The molecule has 29 heavy (non-hydrogen) atoms. The quantitative estimate of drug-likeness (QED) is 0.715. The summed E-state index contributed by atoms with van der Waals surface area (Å²) < 4.78 is 30.0. The maximum Gasteiger partial charge on any atom is 0.240 e. The molecule has 1 aliphatic carbocycles. The van der Waals surface area contributed by atoms with E-state index in [4.69, 9.17) is 4.74 Å². The predicted octanol–water partition coefficient (Wildman–Crippen LogP) is 2.73. The SMILES string of the molecule is C(=NCCN1CCOCC1)=NC1CCCCC1.CNS(=O)(=O)c1ccc(C)cc1. The maximum absolute atomic E-state index is 11.2. The third-order valence-electron chi connectivity index (χ3n) is 5.12. The van der Waals surface area contributed by atoms with E-state index >= 15 is 0 Å². The molecule has 0 bridgehead atoms. The van der Waals surface area contributed by atoms with Crippen LogP contribution in [0.1, 0.15) is 37.7 Å². The molecule has 8 heteroatoms. The van der Waals surface area contributed by atoms with Crippen LogP contribution in [-0.4, -0.2) is 71.8 Å². The summed E-state index contributed by atoms with van der Waals surface area (Å²) in [5.41, 5.74) is 1.05. The number of benzene rings is 1. The number of aliphatic imine (C=N–C) groups is 2. The fourth-order valence-corrected chi connectivity index (χ4v) is 3.96. The molecule has 0 spiro atoms. The number of sulfonamides is 1. The Labute approximate surface area is 175 Å². The summed E-state index contributed by atoms with van der Waals surface area (Å²) in [5.74, 6) is 0. The van der Waals surface area contributed by atoms with E-state index in [-0.39, 0.29) is 0 Å². The molecule has 1 N–H and O–H groups in total. The van der Waals surface area contributed by atoms with Gasteiger partial charge in [0.05, 0.1) is 36.7 Å². The highest BCUT2D eigenvalue weighted by molar-refractivity contribution is 7.89. The minimum Gasteiger partial charge on any atom is -0.379 e. The van der Waals surface area contributed by atoms with Gasteiger partial charge in [-0.3, -0.25) is 4.90 Å². The van der Waals surface area contributed by atoms with Crippen molar-refractivity contribution < 1.29 is 13.2 Å². The normalized spacial score (nSPS) is 18.3. The van der Waals surface area contributed by atoms with E-state index < -0.39 is 10.0 Å². The molecule has 2 aliphatic rings. The highest BCUT2D eigenvalue weighted by Gasteiger charge is 2.11. The van der Waals surface area contributed by atoms with Crippen LogP contribution in [0.25, 0.3) is 0 Å². The van der Waals surface area contributed by atoms with E-state index in [1.807, 2.05) is 6.92 Å². The molecule has 3 rings (SSSR count). The van der Waals surface area contributed by atoms with Gasteiger partial charge in [-0.1, -0.05) is 37.0 Å². The third-order valence-corrected chi connectivity index (χ3v) is 6.55. The zero-order chi connectivity index (χ0) is 21.0. The molecule has 1 aliphatic heterocycles. The van der Waals surface area contributed by atoms with E-state index in [0.29, 0.717) is 10.9 Å². The molecule has 1 heterocycles. The molecule has 0 amide bonds. The zero-order valence-electron chi connectivity index (χ0n) is 17.6. The first-order valence-electron chi connectivity index (χ1n) is 10.4. The lowest BCUT2D eigenvalue weighted by Crippen LogP contribution is -2.37. The van der Waals surface area contributed by atoms with Gasteiger partial charge in [0.15, 0.2) is 0 Å². The number of morpholine rings is 1. The first-order valence-corrected chi connectivity index (χ1v) is 11.9. The summed E-state index contributed by atoms with van der Waals surface area (Å²) in [4.78, 5) is 11.4. The van der Waals surface area contributed by atoms with Gasteiger partial charge in [-0.2, -0.15) is 0 Å². The van der Waals surface area contributed by atoms with Crippen LogP contribution >= 0.6 is 0 Å². The first-order chi connectivity index (χ1) is 14.0. The number of rotatable bonds is 6. The van der Waals surface area contributed by atoms with Crippen molar-refractivity contribution in [2.24, 2.45) is 9.98 Å². The van der Waals surface area contributed by atoms with Crippen LogP contribution in [0.15, 0.2) is 39.1 Å². The standard InChI is InChI=1S/C13H23N3O.C8H11NO2S/c1-2-4-13(5-3-1)15-12-14-6-7-16-8-10-17-11-9-16;1-7-3-5-8(6-4-7)12(10,11)9-2/h13H,1-11H2;3-6,9H,1-2H3. The summed E-state index contributed by atoms with van der Waals surface area (Å²) in [7, 11) is -1.87. The lowest BCUT2D eigenvalue weighted by atomic mass is 9.96. The monoisotopic (exact) mass is 422 g/mol. The molecular weight excluding hydrogens is 388 g/mol. The van der Waals surface area contributed by atoms with Gasteiger partial charge in [-0.25, -0.2) is 23.1 Å². The van der Waals surface area contributed by atoms with Gasteiger partial charge in [-0.15, -0.1) is 0 Å². The molecule has 7 nitrogen and oxygen atoms in total. The number of nitrogens with one attached hydrogen (secondary N) is 1. The molecule has 2 fully saturated rings. The van der Waals surface area contributed by atoms with Crippen LogP contribution < -0.4 is 4.72 Å². The highest BCUT2D eigenvalue weighted by Crippen LogP contribution is 2.19. The van der Waals surface area contributed by atoms with Crippen molar-refractivity contribution in [3.05, 3.63) is 29.8 Å². The molecule has 0 aromatic heterocycles. The number of hydrogen-bond acceptors (Lipinski definition) is 6. The van der Waals surface area contributed by atoms with Gasteiger partial charge in [-0.05, 0) is 38.9 Å². The van der Waals surface area contributed by atoms with E-state index in [9.17, 15) is 8.42 Å². The van der Waals surface area contributed by atoms with Crippen LogP contribution in [0.3, 0.4) is 0 Å². The molecule has 0 radical (unpaired) electrons. The summed E-state index contributed by atoms with van der Waals surface area (Å²) in [6.07, 6.45) is 6.48. The lowest BCUT2D eigenvalue weighted by molar-refractivity contribution is 0.0395. The largest absolute Gasteiger partial charge is 0.379 e. The van der Waals surface area contributed by atoms with E-state index in [2.05, 4.69) is 25.6 Å². The lowest BCUT2D eigenvalue weighted by Gasteiger charge is -2.25. The number of nitrogens with zero attached hydrogens (tertiary/aromatic N) is 3. The van der Waals surface area contributed by atoms with Crippen molar-refractivity contribution in [3.8, 4) is 0 Å². The zero-order valence-corrected chi connectivity index (χ0v) is 18.5. The Morgan fingerprint density at radius 2 is 1.79 bits per heavy atom. The summed E-state index contributed by atoms with van der Waals surface area (Å²) in [5, 5.41) is 0. The van der Waals surface area contributed by atoms with Crippen LogP contribution in [-0.2, 0) is 14.8 Å². The van der Waals surface area contributed by atoms with Crippen molar-refractivity contribution in [3.63, 3.8) is 0 Å². The van der Waals surface area contributed by atoms with Gasteiger partial charge in [0, 0.05) is 19.6 Å². The van der Waals surface area contributed by atoms with Crippen LogP contribution in [0, 0.1) is 6.92 Å². The van der Waals surface area contributed by atoms with Crippen molar-refractivity contribution in [2.45, 2.75) is 50.0 Å². The Bertz CT molecular complexity index is 747. The van der Waals surface area contributed by atoms with Crippen LogP contribution in [0.2, 0.25) is 0 Å². The number of ether oxygens (including phenoxy) is 1. The van der Waals surface area contributed by atoms with Gasteiger partial charge >= 0.3 is 0 Å². The molecule has 162 valence electrons. The second kappa shape index (κ2) is 12.9. The number of hydrogen-bond donors (Lipinski definition) is 1. The smallest absolute Gasteiger partial charge is 0.240 e. The Hall–Kier alpha value is -1.57. The molecule has 1 saturated heterocycles. The minimum absolute atomic E-state index is 0.301. The minimum atomic E-state index is -3.26.